The van der Waals surface area contributed by atoms with Crippen LogP contribution < -0.4 is 4.74 Å². The molecule has 1 unspecified atom stereocenters. The quantitative estimate of drug-likeness (QED) is 0.666. The summed E-state index contributed by atoms with van der Waals surface area (Å²) in [5, 5.41) is 10.7. The zero-order valence-electron chi connectivity index (χ0n) is 17.5. The number of carbonyl (C=O) groups excluding carboxylic acids is 3. The molecule has 2 aliphatic carbocycles. The van der Waals surface area contributed by atoms with Gasteiger partial charge in [-0.2, -0.15) is 0 Å². The van der Waals surface area contributed by atoms with E-state index in [9.17, 15) is 19.5 Å². The van der Waals surface area contributed by atoms with Crippen molar-refractivity contribution in [2.45, 2.75) is 39.5 Å². The summed E-state index contributed by atoms with van der Waals surface area (Å²) in [6, 6.07) is 3.06. The molecule has 0 saturated heterocycles. The minimum atomic E-state index is -0.592. The first-order valence-electron chi connectivity index (χ1n) is 10.1. The van der Waals surface area contributed by atoms with Crippen molar-refractivity contribution >= 4 is 17.5 Å². The summed E-state index contributed by atoms with van der Waals surface area (Å²) < 4.78 is 10.4. The molecule has 0 aliphatic heterocycles. The Morgan fingerprint density at radius 3 is 2.50 bits per heavy atom. The summed E-state index contributed by atoms with van der Waals surface area (Å²) in [6.07, 6.45) is 2.73. The van der Waals surface area contributed by atoms with Gasteiger partial charge >= 0.3 is 5.97 Å². The minimum absolute atomic E-state index is 0.0342. The third-order valence-corrected chi connectivity index (χ3v) is 6.24. The molecule has 0 heterocycles. The first kappa shape index (κ1) is 20.1. The molecule has 6 heteroatoms. The molecule has 0 radical (unpaired) electrons. The Kier molecular flexibility index (Phi) is 4.88. The number of fused-ring (bicyclic) bond motifs is 4. The first-order valence-corrected chi connectivity index (χ1v) is 10.1. The summed E-state index contributed by atoms with van der Waals surface area (Å²) in [5.41, 5.74) is 2.94. The molecule has 156 valence electrons. The summed E-state index contributed by atoms with van der Waals surface area (Å²) in [6.45, 7) is 3.95. The maximum atomic E-state index is 13.6. The van der Waals surface area contributed by atoms with Gasteiger partial charge in [0, 0.05) is 16.7 Å². The van der Waals surface area contributed by atoms with Crippen LogP contribution >= 0.6 is 0 Å². The van der Waals surface area contributed by atoms with E-state index in [-0.39, 0.29) is 45.1 Å². The van der Waals surface area contributed by atoms with Gasteiger partial charge in [0.05, 0.1) is 30.9 Å². The number of hydrogen-bond acceptors (Lipinski definition) is 6. The van der Waals surface area contributed by atoms with Gasteiger partial charge in [-0.3, -0.25) is 9.59 Å². The highest BCUT2D eigenvalue weighted by molar-refractivity contribution is 6.31. The van der Waals surface area contributed by atoms with E-state index in [4.69, 9.17) is 9.47 Å². The number of esters is 1. The molecule has 0 spiro atoms. The number of hydrogen-bond donors (Lipinski definition) is 1. The van der Waals surface area contributed by atoms with E-state index >= 15 is 0 Å². The summed E-state index contributed by atoms with van der Waals surface area (Å²) in [5.74, 6) is -0.974. The smallest absolute Gasteiger partial charge is 0.338 e. The predicted molar refractivity (Wildman–Crippen MR) is 110 cm³/mol. The minimum Gasteiger partial charge on any atom is -0.507 e. The van der Waals surface area contributed by atoms with Gasteiger partial charge in [0.1, 0.15) is 11.5 Å². The fourth-order valence-corrected chi connectivity index (χ4v) is 4.81. The van der Waals surface area contributed by atoms with E-state index in [2.05, 4.69) is 6.92 Å². The van der Waals surface area contributed by atoms with Crippen LogP contribution in [-0.4, -0.2) is 36.9 Å². The monoisotopic (exact) mass is 408 g/mol. The second-order valence-corrected chi connectivity index (χ2v) is 7.99. The SMILES string of the molecule is CCc1c(C(=O)OC)cc2c(c1OC)C(=O)c1c(O)cc3c(c1C2=O)CCC(C)C3. The molecule has 2 aromatic carbocycles. The Balaban J connectivity index is 2.05. The molecule has 0 amide bonds. The Labute approximate surface area is 174 Å². The number of carbonyl (C=O) groups is 3. The van der Waals surface area contributed by atoms with Crippen LogP contribution in [0.2, 0.25) is 0 Å². The summed E-state index contributed by atoms with van der Waals surface area (Å²) >= 11 is 0. The lowest BCUT2D eigenvalue weighted by atomic mass is 9.74. The van der Waals surface area contributed by atoms with Crippen LogP contribution in [0.5, 0.6) is 11.5 Å². The van der Waals surface area contributed by atoms with Gasteiger partial charge in [0.15, 0.2) is 5.78 Å². The second kappa shape index (κ2) is 7.27. The molecule has 6 nitrogen and oxygen atoms in total. The Hall–Kier alpha value is -3.15. The lowest BCUT2D eigenvalue weighted by Gasteiger charge is -2.29. The summed E-state index contributed by atoms with van der Waals surface area (Å²) in [7, 11) is 2.67. The van der Waals surface area contributed by atoms with E-state index in [1.54, 1.807) is 6.07 Å². The van der Waals surface area contributed by atoms with Gasteiger partial charge in [-0.1, -0.05) is 13.8 Å². The van der Waals surface area contributed by atoms with Crippen LogP contribution in [0.15, 0.2) is 12.1 Å². The highest BCUT2D eigenvalue weighted by Gasteiger charge is 2.40. The molecule has 0 aromatic heterocycles. The normalized spacial score (nSPS) is 17.1. The van der Waals surface area contributed by atoms with Crippen LogP contribution in [0.1, 0.15) is 79.2 Å². The Morgan fingerprint density at radius 1 is 1.13 bits per heavy atom. The number of aromatic hydroxyl groups is 1. The van der Waals surface area contributed by atoms with Crippen molar-refractivity contribution in [3.05, 3.63) is 56.6 Å². The topological polar surface area (TPSA) is 89.9 Å². The maximum absolute atomic E-state index is 13.6. The van der Waals surface area contributed by atoms with Gasteiger partial charge < -0.3 is 14.6 Å². The zero-order valence-corrected chi connectivity index (χ0v) is 17.5. The fraction of sp³-hybridized carbons (Fsp3) is 0.375. The van der Waals surface area contributed by atoms with Gasteiger partial charge in [0.2, 0.25) is 5.78 Å². The van der Waals surface area contributed by atoms with Gasteiger partial charge in [0.25, 0.3) is 0 Å². The Morgan fingerprint density at radius 2 is 1.87 bits per heavy atom. The van der Waals surface area contributed by atoms with Gasteiger partial charge in [-0.25, -0.2) is 4.79 Å². The molecular formula is C24H24O6. The van der Waals surface area contributed by atoms with Crippen LogP contribution in [0.25, 0.3) is 0 Å². The van der Waals surface area contributed by atoms with Gasteiger partial charge in [-0.15, -0.1) is 0 Å². The molecule has 1 atom stereocenters. The average Bonchev–Trinajstić information content (AvgIpc) is 2.74. The second-order valence-electron chi connectivity index (χ2n) is 7.99. The zero-order chi connectivity index (χ0) is 21.7. The summed E-state index contributed by atoms with van der Waals surface area (Å²) in [4.78, 5) is 39.5. The van der Waals surface area contributed by atoms with E-state index in [1.807, 2.05) is 6.92 Å². The maximum Gasteiger partial charge on any atom is 0.338 e. The standard InChI is InChI=1S/C24H24O6/c1-5-13-15(24(28)30-4)10-16-19(23(13)29-3)22(27)20-17(25)9-12-8-11(2)6-7-14(12)18(20)21(16)26/h9-11,25H,5-8H2,1-4H3. The lowest BCUT2D eigenvalue weighted by Crippen LogP contribution is -2.27. The van der Waals surface area contributed by atoms with E-state index in [0.29, 0.717) is 24.3 Å². The van der Waals surface area contributed by atoms with Crippen molar-refractivity contribution < 1.29 is 29.0 Å². The van der Waals surface area contributed by atoms with Gasteiger partial charge in [-0.05, 0) is 54.9 Å². The number of phenols is 1. The van der Waals surface area contributed by atoms with Crippen LogP contribution in [-0.2, 0) is 24.0 Å². The van der Waals surface area contributed by atoms with Crippen molar-refractivity contribution in [1.29, 1.82) is 0 Å². The Bertz CT molecular complexity index is 1110. The molecule has 4 rings (SSSR count). The van der Waals surface area contributed by atoms with Crippen LogP contribution in [0.3, 0.4) is 0 Å². The van der Waals surface area contributed by atoms with Crippen molar-refractivity contribution in [2.24, 2.45) is 5.92 Å². The number of ketones is 2. The number of phenolic OH excluding ortho intramolecular Hbond substituents is 1. The number of methoxy groups -OCH3 is 2. The largest absolute Gasteiger partial charge is 0.507 e. The number of ether oxygens (including phenoxy) is 2. The molecule has 1 N–H and O–H groups in total. The number of rotatable bonds is 3. The molecule has 2 aromatic rings. The van der Waals surface area contributed by atoms with Crippen molar-refractivity contribution in [3.63, 3.8) is 0 Å². The van der Waals surface area contributed by atoms with Crippen LogP contribution in [0.4, 0.5) is 0 Å². The third kappa shape index (κ3) is 2.74. The van der Waals surface area contributed by atoms with Crippen molar-refractivity contribution in [1.82, 2.24) is 0 Å². The molecule has 0 saturated carbocycles. The first-order chi connectivity index (χ1) is 14.3. The molecular weight excluding hydrogens is 384 g/mol. The highest BCUT2D eigenvalue weighted by atomic mass is 16.5. The van der Waals surface area contributed by atoms with Crippen LogP contribution in [0, 0.1) is 5.92 Å². The van der Waals surface area contributed by atoms with E-state index < -0.39 is 11.8 Å². The molecule has 2 aliphatic rings. The van der Waals surface area contributed by atoms with Crippen molar-refractivity contribution in [3.8, 4) is 11.5 Å². The third-order valence-electron chi connectivity index (χ3n) is 6.24. The molecule has 0 bridgehead atoms. The predicted octanol–water partition coefficient (Wildman–Crippen LogP) is 3.65. The van der Waals surface area contributed by atoms with Crippen molar-refractivity contribution in [2.75, 3.05) is 14.2 Å². The van der Waals surface area contributed by atoms with E-state index in [0.717, 1.165) is 24.0 Å². The average molecular weight is 408 g/mol. The highest BCUT2D eigenvalue weighted by Crippen LogP contribution is 2.44. The molecule has 30 heavy (non-hydrogen) atoms. The lowest BCUT2D eigenvalue weighted by molar-refractivity contribution is 0.0598. The molecule has 0 fully saturated rings. The fourth-order valence-electron chi connectivity index (χ4n) is 4.81. The van der Waals surface area contributed by atoms with E-state index in [1.165, 1.54) is 20.3 Å². The number of benzene rings is 2.